The Labute approximate surface area is 191 Å². The topological polar surface area (TPSA) is 73.6 Å². The fourth-order valence-electron chi connectivity index (χ4n) is 4.85. The van der Waals surface area contributed by atoms with E-state index in [-0.39, 0.29) is 5.97 Å². The first-order valence-corrected chi connectivity index (χ1v) is 10.9. The number of rotatable bonds is 2. The highest BCUT2D eigenvalue weighted by Gasteiger charge is 2.53. The van der Waals surface area contributed by atoms with Crippen molar-refractivity contribution >= 4 is 23.0 Å². The van der Waals surface area contributed by atoms with Crippen LogP contribution in [-0.2, 0) is 10.3 Å². The molecular weight excluding hydrogens is 412 g/mol. The highest BCUT2D eigenvalue weighted by Crippen LogP contribution is 2.57. The number of carbonyl (C=O) groups excluding carboxylic acids is 1. The molecule has 3 N–H and O–H groups in total. The molecule has 33 heavy (non-hydrogen) atoms. The summed E-state index contributed by atoms with van der Waals surface area (Å²) < 4.78 is 12.5. The monoisotopic (exact) mass is 434 g/mol. The Balaban J connectivity index is 1.61. The number of nitrogens with two attached hydrogens (primary N) is 1. The molecule has 1 atom stereocenters. The first kappa shape index (κ1) is 19.4. The van der Waals surface area contributed by atoms with Crippen molar-refractivity contribution in [1.29, 1.82) is 0 Å². The van der Waals surface area contributed by atoms with Gasteiger partial charge in [0, 0.05) is 39.8 Å². The number of esters is 1. The summed E-state index contributed by atoms with van der Waals surface area (Å²) in [6.07, 6.45) is 0. The molecule has 2 aliphatic heterocycles. The van der Waals surface area contributed by atoms with Crippen molar-refractivity contribution in [3.63, 3.8) is 0 Å². The maximum absolute atomic E-state index is 13.0. The van der Waals surface area contributed by atoms with Gasteiger partial charge in [0.05, 0.1) is 5.56 Å². The van der Waals surface area contributed by atoms with Gasteiger partial charge in [-0.25, -0.2) is 4.79 Å². The molecule has 2 heterocycles. The number of benzene rings is 4. The summed E-state index contributed by atoms with van der Waals surface area (Å²) in [5.41, 5.74) is 12.5. The highest BCUT2D eigenvalue weighted by atomic mass is 16.6. The van der Waals surface area contributed by atoms with Crippen molar-refractivity contribution in [2.24, 2.45) is 0 Å². The first-order valence-electron chi connectivity index (χ1n) is 10.9. The van der Waals surface area contributed by atoms with Crippen molar-refractivity contribution in [3.8, 4) is 11.5 Å². The SMILES string of the molecule is Cc1cccc(Nc2cc3c(cc2C)Oc2cc(N)ccc2C32OC(=O)c3ccccc32)c1. The molecule has 5 heteroatoms. The Bertz CT molecular complexity index is 1460. The fourth-order valence-corrected chi connectivity index (χ4v) is 4.85. The zero-order valence-electron chi connectivity index (χ0n) is 18.3. The number of anilines is 3. The molecule has 0 fully saturated rings. The lowest BCUT2D eigenvalue weighted by Gasteiger charge is -2.37. The molecular formula is C28H22N2O3. The quantitative estimate of drug-likeness (QED) is 0.290. The van der Waals surface area contributed by atoms with Gasteiger partial charge in [0.15, 0.2) is 5.60 Å². The van der Waals surface area contributed by atoms with Gasteiger partial charge < -0.3 is 20.5 Å². The lowest BCUT2D eigenvalue weighted by Crippen LogP contribution is -2.33. The molecule has 0 saturated heterocycles. The molecule has 0 aromatic heterocycles. The van der Waals surface area contributed by atoms with Gasteiger partial charge in [0.25, 0.3) is 0 Å². The van der Waals surface area contributed by atoms with Gasteiger partial charge in [-0.3, -0.25) is 0 Å². The van der Waals surface area contributed by atoms with E-state index < -0.39 is 5.60 Å². The first-order chi connectivity index (χ1) is 16.0. The van der Waals surface area contributed by atoms with E-state index in [1.165, 1.54) is 5.56 Å². The second-order valence-corrected chi connectivity index (χ2v) is 8.63. The highest BCUT2D eigenvalue weighted by molar-refractivity contribution is 5.97. The van der Waals surface area contributed by atoms with Gasteiger partial charge in [-0.05, 0) is 67.4 Å². The minimum atomic E-state index is -1.11. The molecule has 0 saturated carbocycles. The molecule has 0 amide bonds. The van der Waals surface area contributed by atoms with E-state index in [4.69, 9.17) is 15.2 Å². The lowest BCUT2D eigenvalue weighted by molar-refractivity contribution is 0.0224. The standard InChI is InChI=1S/C28H22N2O3/c1-16-6-5-7-19(12-16)30-24-15-23-25(13-17(24)2)32-26-14-18(29)10-11-22(26)28(23)21-9-4-3-8-20(21)27(31)33-28/h3-15,30H,29H2,1-2H3. The van der Waals surface area contributed by atoms with Crippen molar-refractivity contribution in [2.45, 2.75) is 19.4 Å². The van der Waals surface area contributed by atoms with Crippen LogP contribution >= 0.6 is 0 Å². The number of carbonyl (C=O) groups is 1. The minimum Gasteiger partial charge on any atom is -0.456 e. The lowest BCUT2D eigenvalue weighted by atomic mass is 9.77. The zero-order valence-corrected chi connectivity index (χ0v) is 18.3. The van der Waals surface area contributed by atoms with Gasteiger partial charge in [-0.15, -0.1) is 0 Å². The van der Waals surface area contributed by atoms with Gasteiger partial charge in [0.1, 0.15) is 11.5 Å². The molecule has 2 aliphatic rings. The molecule has 6 rings (SSSR count). The molecule has 4 aromatic carbocycles. The maximum Gasteiger partial charge on any atom is 0.340 e. The Morgan fingerprint density at radius 2 is 1.64 bits per heavy atom. The number of aryl methyl sites for hydroxylation is 2. The fraction of sp³-hybridized carbons (Fsp3) is 0.107. The van der Waals surface area contributed by atoms with E-state index in [2.05, 4.69) is 24.4 Å². The molecule has 5 nitrogen and oxygen atoms in total. The van der Waals surface area contributed by atoms with E-state index in [1.54, 1.807) is 12.1 Å². The van der Waals surface area contributed by atoms with Crippen LogP contribution in [0.1, 0.15) is 38.2 Å². The average Bonchev–Trinajstić information content (AvgIpc) is 3.08. The zero-order chi connectivity index (χ0) is 22.7. The number of nitrogens with one attached hydrogen (secondary N) is 1. The number of hydrogen-bond donors (Lipinski definition) is 2. The third kappa shape index (κ3) is 2.82. The van der Waals surface area contributed by atoms with Crippen LogP contribution in [0.15, 0.2) is 78.9 Å². The molecule has 0 aliphatic carbocycles. The Kier molecular flexibility index (Phi) is 4.05. The van der Waals surface area contributed by atoms with Crippen molar-refractivity contribution in [2.75, 3.05) is 11.1 Å². The molecule has 4 aromatic rings. The van der Waals surface area contributed by atoms with Crippen LogP contribution in [0.4, 0.5) is 17.1 Å². The number of nitrogen functional groups attached to an aromatic ring is 1. The van der Waals surface area contributed by atoms with Gasteiger partial charge in [-0.1, -0.05) is 30.3 Å². The van der Waals surface area contributed by atoms with Crippen LogP contribution in [0.3, 0.4) is 0 Å². The largest absolute Gasteiger partial charge is 0.456 e. The van der Waals surface area contributed by atoms with E-state index in [0.29, 0.717) is 22.7 Å². The molecule has 162 valence electrons. The minimum absolute atomic E-state index is 0.352. The van der Waals surface area contributed by atoms with Gasteiger partial charge in [0.2, 0.25) is 0 Å². The van der Waals surface area contributed by atoms with Gasteiger partial charge >= 0.3 is 5.97 Å². The molecule has 1 spiro atoms. The van der Waals surface area contributed by atoms with Crippen LogP contribution in [0.2, 0.25) is 0 Å². The third-order valence-electron chi connectivity index (χ3n) is 6.38. The summed E-state index contributed by atoms with van der Waals surface area (Å²) in [4.78, 5) is 13.0. The number of fused-ring (bicyclic) bond motifs is 6. The van der Waals surface area contributed by atoms with E-state index in [1.807, 2.05) is 61.5 Å². The summed E-state index contributed by atoms with van der Waals surface area (Å²) in [6, 6.07) is 25.2. The summed E-state index contributed by atoms with van der Waals surface area (Å²) >= 11 is 0. The van der Waals surface area contributed by atoms with E-state index in [0.717, 1.165) is 33.6 Å². The summed E-state index contributed by atoms with van der Waals surface area (Å²) in [6.45, 7) is 4.09. The van der Waals surface area contributed by atoms with Crippen molar-refractivity contribution in [1.82, 2.24) is 0 Å². The Morgan fingerprint density at radius 1 is 0.818 bits per heavy atom. The predicted molar refractivity (Wildman–Crippen MR) is 128 cm³/mol. The second-order valence-electron chi connectivity index (χ2n) is 8.63. The van der Waals surface area contributed by atoms with Crippen LogP contribution < -0.4 is 15.8 Å². The Morgan fingerprint density at radius 3 is 2.48 bits per heavy atom. The number of ether oxygens (including phenoxy) is 2. The van der Waals surface area contributed by atoms with Crippen LogP contribution in [0.25, 0.3) is 0 Å². The summed E-state index contributed by atoms with van der Waals surface area (Å²) in [7, 11) is 0. The number of hydrogen-bond acceptors (Lipinski definition) is 5. The van der Waals surface area contributed by atoms with Crippen LogP contribution in [-0.4, -0.2) is 5.97 Å². The van der Waals surface area contributed by atoms with Crippen LogP contribution in [0.5, 0.6) is 11.5 Å². The predicted octanol–water partition coefficient (Wildman–Crippen LogP) is 6.20. The third-order valence-corrected chi connectivity index (χ3v) is 6.38. The van der Waals surface area contributed by atoms with Gasteiger partial charge in [-0.2, -0.15) is 0 Å². The summed E-state index contributed by atoms with van der Waals surface area (Å²) in [5, 5.41) is 3.52. The van der Waals surface area contributed by atoms with Crippen molar-refractivity contribution in [3.05, 3.63) is 112 Å². The van der Waals surface area contributed by atoms with E-state index >= 15 is 0 Å². The maximum atomic E-state index is 13.0. The average molecular weight is 434 g/mol. The van der Waals surface area contributed by atoms with Crippen LogP contribution in [0, 0.1) is 13.8 Å². The molecule has 0 bridgehead atoms. The van der Waals surface area contributed by atoms with Crippen molar-refractivity contribution < 1.29 is 14.3 Å². The van der Waals surface area contributed by atoms with E-state index in [9.17, 15) is 4.79 Å². The molecule has 0 radical (unpaired) electrons. The normalized spacial score (nSPS) is 17.6. The smallest absolute Gasteiger partial charge is 0.340 e. The second kappa shape index (κ2) is 6.87. The summed E-state index contributed by atoms with van der Waals surface area (Å²) in [5.74, 6) is 0.880. The Hall–Kier alpha value is -4.25. The molecule has 1 unspecified atom stereocenters.